The Morgan fingerprint density at radius 1 is 1.04 bits per heavy atom. The number of hydrogen-bond donors (Lipinski definition) is 0. The SMILES string of the molecule is CCN(CC)C(=O)[C@H]1CC[C@H]2[C@@H]3CC[C@H]4N=C(OC)CC[C@]4(C)C3CC[C@]12C. The highest BCUT2D eigenvalue weighted by atomic mass is 16.5. The smallest absolute Gasteiger partial charge is 0.226 e. The quantitative estimate of drug-likeness (QED) is 0.688. The summed E-state index contributed by atoms with van der Waals surface area (Å²) in [6.07, 6.45) is 9.57. The summed E-state index contributed by atoms with van der Waals surface area (Å²) < 4.78 is 5.50. The largest absolute Gasteiger partial charge is 0.484 e. The molecule has 4 heteroatoms. The van der Waals surface area contributed by atoms with E-state index in [4.69, 9.17) is 9.73 Å². The van der Waals surface area contributed by atoms with Crippen molar-refractivity contribution in [3.63, 3.8) is 0 Å². The molecule has 1 unspecified atom stereocenters. The van der Waals surface area contributed by atoms with Crippen molar-refractivity contribution in [2.75, 3.05) is 20.2 Å². The number of aliphatic imine (C=N–C) groups is 1. The van der Waals surface area contributed by atoms with Gasteiger partial charge in [-0.2, -0.15) is 0 Å². The Morgan fingerprint density at radius 3 is 2.43 bits per heavy atom. The molecule has 0 spiro atoms. The van der Waals surface area contributed by atoms with Crippen molar-refractivity contribution in [3.05, 3.63) is 0 Å². The molecule has 3 saturated carbocycles. The molecule has 0 aromatic heterocycles. The highest BCUT2D eigenvalue weighted by Crippen LogP contribution is 2.66. The minimum atomic E-state index is 0.208. The summed E-state index contributed by atoms with van der Waals surface area (Å²) >= 11 is 0. The second-order valence-corrected chi connectivity index (χ2v) is 10.4. The third kappa shape index (κ3) is 2.84. The normalized spacial score (nSPS) is 44.8. The minimum Gasteiger partial charge on any atom is -0.484 e. The van der Waals surface area contributed by atoms with E-state index in [0.717, 1.165) is 49.6 Å². The molecule has 4 nitrogen and oxygen atoms in total. The molecule has 7 atom stereocenters. The van der Waals surface area contributed by atoms with E-state index >= 15 is 0 Å². The summed E-state index contributed by atoms with van der Waals surface area (Å²) in [5.74, 6) is 3.92. The van der Waals surface area contributed by atoms with Gasteiger partial charge < -0.3 is 9.64 Å². The molecule has 0 aromatic carbocycles. The highest BCUT2D eigenvalue weighted by Gasteiger charge is 2.61. The second-order valence-electron chi connectivity index (χ2n) is 10.4. The molecule has 0 bridgehead atoms. The molecule has 1 amide bonds. The fourth-order valence-corrected chi connectivity index (χ4v) is 7.93. The summed E-state index contributed by atoms with van der Waals surface area (Å²) in [5.41, 5.74) is 0.535. The summed E-state index contributed by atoms with van der Waals surface area (Å²) in [4.78, 5) is 20.4. The van der Waals surface area contributed by atoms with Crippen LogP contribution in [0, 0.1) is 34.5 Å². The lowest BCUT2D eigenvalue weighted by molar-refractivity contribution is -0.143. The topological polar surface area (TPSA) is 41.9 Å². The Balaban J connectivity index is 1.57. The number of hydrogen-bond acceptors (Lipinski definition) is 3. The van der Waals surface area contributed by atoms with E-state index in [1.807, 2.05) is 0 Å². The molecule has 4 rings (SSSR count). The Labute approximate surface area is 171 Å². The monoisotopic (exact) mass is 388 g/mol. The number of fused-ring (bicyclic) bond motifs is 5. The van der Waals surface area contributed by atoms with Gasteiger partial charge in [-0.25, -0.2) is 0 Å². The molecular formula is C24H40N2O2. The van der Waals surface area contributed by atoms with Gasteiger partial charge in [0.2, 0.25) is 5.91 Å². The van der Waals surface area contributed by atoms with Crippen molar-refractivity contribution < 1.29 is 9.53 Å². The molecule has 0 radical (unpaired) electrons. The first-order chi connectivity index (χ1) is 13.4. The Kier molecular flexibility index (Phi) is 5.29. The van der Waals surface area contributed by atoms with E-state index in [0.29, 0.717) is 17.4 Å². The highest BCUT2D eigenvalue weighted by molar-refractivity contribution is 5.80. The summed E-state index contributed by atoms with van der Waals surface area (Å²) in [7, 11) is 1.77. The van der Waals surface area contributed by atoms with Crippen LogP contribution in [-0.4, -0.2) is 42.9 Å². The maximum atomic E-state index is 13.3. The fourth-order valence-electron chi connectivity index (χ4n) is 7.93. The van der Waals surface area contributed by atoms with E-state index in [1.165, 1.54) is 38.5 Å². The molecule has 1 heterocycles. The number of amides is 1. The number of carbonyl (C=O) groups is 1. The molecule has 28 heavy (non-hydrogen) atoms. The number of nitrogens with zero attached hydrogens (tertiary/aromatic N) is 2. The molecule has 0 saturated heterocycles. The predicted molar refractivity (Wildman–Crippen MR) is 113 cm³/mol. The fraction of sp³-hybridized carbons (Fsp3) is 0.917. The van der Waals surface area contributed by atoms with Gasteiger partial charge >= 0.3 is 0 Å². The van der Waals surface area contributed by atoms with Crippen LogP contribution in [-0.2, 0) is 9.53 Å². The molecule has 3 aliphatic carbocycles. The Hall–Kier alpha value is -1.06. The first-order valence-corrected chi connectivity index (χ1v) is 11.8. The Morgan fingerprint density at radius 2 is 1.75 bits per heavy atom. The van der Waals surface area contributed by atoms with Crippen LogP contribution < -0.4 is 0 Å². The van der Waals surface area contributed by atoms with Crippen LogP contribution in [0.2, 0.25) is 0 Å². The average molecular weight is 389 g/mol. The van der Waals surface area contributed by atoms with Crippen LogP contribution >= 0.6 is 0 Å². The van der Waals surface area contributed by atoms with Gasteiger partial charge in [-0.05, 0) is 87.4 Å². The van der Waals surface area contributed by atoms with Gasteiger partial charge in [-0.1, -0.05) is 13.8 Å². The van der Waals surface area contributed by atoms with Crippen molar-refractivity contribution in [1.82, 2.24) is 4.90 Å². The third-order valence-electron chi connectivity index (χ3n) is 9.61. The zero-order valence-corrected chi connectivity index (χ0v) is 18.7. The van der Waals surface area contributed by atoms with E-state index in [2.05, 4.69) is 32.6 Å². The number of rotatable bonds is 3. The lowest BCUT2D eigenvalue weighted by Gasteiger charge is -2.59. The van der Waals surface area contributed by atoms with E-state index in [-0.39, 0.29) is 11.3 Å². The van der Waals surface area contributed by atoms with Crippen LogP contribution in [0.1, 0.15) is 79.1 Å². The lowest BCUT2D eigenvalue weighted by atomic mass is 9.47. The van der Waals surface area contributed by atoms with Crippen molar-refractivity contribution in [2.24, 2.45) is 39.5 Å². The van der Waals surface area contributed by atoms with Crippen molar-refractivity contribution in [1.29, 1.82) is 0 Å². The number of carbonyl (C=O) groups excluding carboxylic acids is 1. The van der Waals surface area contributed by atoms with Gasteiger partial charge in [-0.3, -0.25) is 9.79 Å². The lowest BCUT2D eigenvalue weighted by Crippen LogP contribution is -2.55. The van der Waals surface area contributed by atoms with Crippen molar-refractivity contribution >= 4 is 11.8 Å². The van der Waals surface area contributed by atoms with Crippen LogP contribution in [0.4, 0.5) is 0 Å². The van der Waals surface area contributed by atoms with E-state index < -0.39 is 0 Å². The van der Waals surface area contributed by atoms with Gasteiger partial charge in [-0.15, -0.1) is 0 Å². The molecule has 0 aromatic rings. The number of ether oxygens (including phenoxy) is 1. The van der Waals surface area contributed by atoms with Crippen LogP contribution in [0.15, 0.2) is 4.99 Å². The summed E-state index contributed by atoms with van der Waals surface area (Å²) in [5, 5.41) is 0. The molecule has 4 aliphatic rings. The second kappa shape index (κ2) is 7.32. The van der Waals surface area contributed by atoms with Crippen LogP contribution in [0.25, 0.3) is 0 Å². The average Bonchev–Trinajstić information content (AvgIpc) is 3.05. The standard InChI is InChI=1S/C24H40N2O2/c1-6-26(7-2)22(27)19-10-9-17-16-8-11-20-24(4,15-13-21(25-20)28-5)18(16)12-14-23(17,19)3/h16-20H,6-15H2,1-5H3/t16-,17-,18?,19+,20+,23-,24+/m0/s1. The first kappa shape index (κ1) is 20.2. The number of methoxy groups -OCH3 is 1. The van der Waals surface area contributed by atoms with Gasteiger partial charge in [0.15, 0.2) is 5.90 Å². The molecule has 3 fully saturated rings. The predicted octanol–water partition coefficient (Wildman–Crippen LogP) is 4.92. The molecular weight excluding hydrogens is 348 g/mol. The molecule has 1 aliphatic heterocycles. The maximum Gasteiger partial charge on any atom is 0.226 e. The molecule has 0 N–H and O–H groups in total. The zero-order chi connectivity index (χ0) is 20.1. The van der Waals surface area contributed by atoms with Gasteiger partial charge in [0.1, 0.15) is 0 Å². The maximum absolute atomic E-state index is 13.3. The van der Waals surface area contributed by atoms with Crippen LogP contribution in [0.3, 0.4) is 0 Å². The first-order valence-electron chi connectivity index (χ1n) is 11.8. The summed E-state index contributed by atoms with van der Waals surface area (Å²) in [6.45, 7) is 10.9. The Bertz CT molecular complexity index is 643. The van der Waals surface area contributed by atoms with Crippen LogP contribution in [0.5, 0.6) is 0 Å². The van der Waals surface area contributed by atoms with Crippen molar-refractivity contribution in [3.8, 4) is 0 Å². The van der Waals surface area contributed by atoms with E-state index in [1.54, 1.807) is 7.11 Å². The van der Waals surface area contributed by atoms with Gasteiger partial charge in [0.25, 0.3) is 0 Å². The van der Waals surface area contributed by atoms with E-state index in [9.17, 15) is 4.79 Å². The van der Waals surface area contributed by atoms with Gasteiger partial charge in [0.05, 0.1) is 13.2 Å². The van der Waals surface area contributed by atoms with Gasteiger partial charge in [0, 0.05) is 25.4 Å². The third-order valence-corrected chi connectivity index (χ3v) is 9.61. The minimum absolute atomic E-state index is 0.208. The molecule has 158 valence electrons. The summed E-state index contributed by atoms with van der Waals surface area (Å²) in [6, 6.07) is 0.441. The zero-order valence-electron chi connectivity index (χ0n) is 18.7. The van der Waals surface area contributed by atoms with Crippen molar-refractivity contribution in [2.45, 2.75) is 85.1 Å².